The van der Waals surface area contributed by atoms with Crippen molar-refractivity contribution in [3.8, 4) is 0 Å². The van der Waals surface area contributed by atoms with Crippen LogP contribution in [-0.2, 0) is 0 Å². The molecule has 0 amide bonds. The second-order valence-electron chi connectivity index (χ2n) is 6.77. The summed E-state index contributed by atoms with van der Waals surface area (Å²) in [4.78, 5) is 4.53. The van der Waals surface area contributed by atoms with Crippen LogP contribution in [0.5, 0.6) is 0 Å². The fourth-order valence-corrected chi connectivity index (χ4v) is 2.19. The van der Waals surface area contributed by atoms with Gasteiger partial charge < -0.3 is 5.32 Å². The summed E-state index contributed by atoms with van der Waals surface area (Å²) in [5, 5.41) is 3.70. The quantitative estimate of drug-likeness (QED) is 0.876. The highest BCUT2D eigenvalue weighted by Gasteiger charge is 2.22. The smallest absolute Gasteiger partial charge is 0.0751 e. The summed E-state index contributed by atoms with van der Waals surface area (Å²) in [5.41, 5.74) is 2.64. The first-order valence-electron chi connectivity index (χ1n) is 7.68. The van der Waals surface area contributed by atoms with Crippen LogP contribution < -0.4 is 5.32 Å². The van der Waals surface area contributed by atoms with E-state index in [1.165, 1.54) is 5.56 Å². The molecule has 2 atom stereocenters. The second-order valence-corrected chi connectivity index (χ2v) is 6.77. The van der Waals surface area contributed by atoms with Crippen LogP contribution in [0, 0.1) is 11.3 Å². The van der Waals surface area contributed by atoms with Crippen molar-refractivity contribution in [2.45, 2.75) is 33.7 Å². The maximum absolute atomic E-state index is 4.53. The van der Waals surface area contributed by atoms with E-state index < -0.39 is 0 Å². The van der Waals surface area contributed by atoms with Gasteiger partial charge in [-0.2, -0.15) is 0 Å². The number of pyridine rings is 1. The molecule has 0 fully saturated rings. The van der Waals surface area contributed by atoms with E-state index in [4.69, 9.17) is 0 Å². The Kier molecular flexibility index (Phi) is 5.13. The highest BCUT2D eigenvalue weighted by Crippen LogP contribution is 2.26. The summed E-state index contributed by atoms with van der Waals surface area (Å²) in [6.07, 6.45) is 1.86. The Morgan fingerprint density at radius 1 is 1.00 bits per heavy atom. The van der Waals surface area contributed by atoms with Crippen LogP contribution in [0.4, 0.5) is 0 Å². The van der Waals surface area contributed by atoms with E-state index >= 15 is 0 Å². The number of rotatable bonds is 5. The number of nitrogens with one attached hydrogen (secondary N) is 1. The minimum absolute atomic E-state index is 0.150. The van der Waals surface area contributed by atoms with Crippen LogP contribution in [0.25, 0.3) is 0 Å². The molecule has 21 heavy (non-hydrogen) atoms. The Labute approximate surface area is 128 Å². The molecule has 0 radical (unpaired) electrons. The highest BCUT2D eigenvalue weighted by molar-refractivity contribution is 5.27. The molecule has 1 aromatic carbocycles. The SMILES string of the molecule is CC(CNC(c1ccccc1)c1ccccn1)C(C)(C)C. The van der Waals surface area contributed by atoms with Gasteiger partial charge in [0.25, 0.3) is 0 Å². The second kappa shape index (κ2) is 6.86. The van der Waals surface area contributed by atoms with Gasteiger partial charge in [0.2, 0.25) is 0 Å². The van der Waals surface area contributed by atoms with Gasteiger partial charge in [-0.15, -0.1) is 0 Å². The number of hydrogen-bond donors (Lipinski definition) is 1. The molecule has 0 aliphatic rings. The van der Waals surface area contributed by atoms with Gasteiger partial charge in [0.15, 0.2) is 0 Å². The molecule has 2 nitrogen and oxygen atoms in total. The lowest BCUT2D eigenvalue weighted by Crippen LogP contribution is -2.33. The number of hydrogen-bond acceptors (Lipinski definition) is 2. The lowest BCUT2D eigenvalue weighted by molar-refractivity contribution is 0.248. The van der Waals surface area contributed by atoms with Crippen molar-refractivity contribution in [1.82, 2.24) is 10.3 Å². The van der Waals surface area contributed by atoms with Gasteiger partial charge in [-0.05, 0) is 35.6 Å². The molecule has 2 heteroatoms. The Balaban J connectivity index is 2.18. The minimum atomic E-state index is 0.150. The summed E-state index contributed by atoms with van der Waals surface area (Å²) in [7, 11) is 0. The molecular formula is C19H26N2. The third kappa shape index (κ3) is 4.40. The number of nitrogens with zero attached hydrogens (tertiary/aromatic N) is 1. The first-order valence-corrected chi connectivity index (χ1v) is 7.68. The van der Waals surface area contributed by atoms with E-state index in [0.29, 0.717) is 11.3 Å². The minimum Gasteiger partial charge on any atom is -0.305 e. The summed E-state index contributed by atoms with van der Waals surface area (Å²) in [6, 6.07) is 16.8. The van der Waals surface area contributed by atoms with Crippen molar-refractivity contribution >= 4 is 0 Å². The van der Waals surface area contributed by atoms with E-state index in [1.807, 2.05) is 18.3 Å². The molecule has 0 saturated heterocycles. The van der Waals surface area contributed by atoms with E-state index in [0.717, 1.165) is 12.2 Å². The van der Waals surface area contributed by atoms with Crippen molar-refractivity contribution in [3.05, 3.63) is 66.0 Å². The van der Waals surface area contributed by atoms with Gasteiger partial charge in [0.1, 0.15) is 0 Å². The Bertz CT molecular complexity index is 489. The fourth-order valence-electron chi connectivity index (χ4n) is 2.19. The number of benzene rings is 1. The standard InChI is InChI=1S/C19H26N2/c1-15(19(2,3)4)14-21-18(16-10-6-5-7-11-16)17-12-8-9-13-20-17/h5-13,15,18,21H,14H2,1-4H3. The molecule has 0 spiro atoms. The van der Waals surface area contributed by atoms with Crippen LogP contribution >= 0.6 is 0 Å². The summed E-state index contributed by atoms with van der Waals surface area (Å²) in [6.45, 7) is 10.1. The normalized spacial score (nSPS) is 14.7. The predicted octanol–water partition coefficient (Wildman–Crippen LogP) is 4.44. The van der Waals surface area contributed by atoms with Gasteiger partial charge in [-0.3, -0.25) is 4.98 Å². The third-order valence-electron chi connectivity index (χ3n) is 4.22. The van der Waals surface area contributed by atoms with Crippen molar-refractivity contribution in [2.75, 3.05) is 6.54 Å². The van der Waals surface area contributed by atoms with Crippen LogP contribution in [0.15, 0.2) is 54.7 Å². The Morgan fingerprint density at radius 2 is 1.67 bits per heavy atom. The van der Waals surface area contributed by atoms with Gasteiger partial charge >= 0.3 is 0 Å². The van der Waals surface area contributed by atoms with E-state index in [-0.39, 0.29) is 6.04 Å². The van der Waals surface area contributed by atoms with Gasteiger partial charge in [0, 0.05) is 6.20 Å². The molecule has 1 N–H and O–H groups in total. The van der Waals surface area contributed by atoms with E-state index in [9.17, 15) is 0 Å². The summed E-state index contributed by atoms with van der Waals surface area (Å²) in [5.74, 6) is 0.590. The van der Waals surface area contributed by atoms with Crippen molar-refractivity contribution in [2.24, 2.45) is 11.3 Å². The van der Waals surface area contributed by atoms with Gasteiger partial charge in [0.05, 0.1) is 11.7 Å². The van der Waals surface area contributed by atoms with E-state index in [2.05, 4.69) is 74.4 Å². The van der Waals surface area contributed by atoms with Gasteiger partial charge in [-0.1, -0.05) is 64.1 Å². The molecule has 0 saturated carbocycles. The Hall–Kier alpha value is -1.67. The van der Waals surface area contributed by atoms with Crippen molar-refractivity contribution in [1.29, 1.82) is 0 Å². The first kappa shape index (κ1) is 15.7. The van der Waals surface area contributed by atoms with Crippen LogP contribution in [0.2, 0.25) is 0 Å². The predicted molar refractivity (Wildman–Crippen MR) is 89.1 cm³/mol. The number of aromatic nitrogens is 1. The average Bonchev–Trinajstić information content (AvgIpc) is 2.48. The lowest BCUT2D eigenvalue weighted by atomic mass is 9.82. The maximum atomic E-state index is 4.53. The van der Waals surface area contributed by atoms with Crippen molar-refractivity contribution < 1.29 is 0 Å². The zero-order valence-corrected chi connectivity index (χ0v) is 13.5. The lowest BCUT2D eigenvalue weighted by Gasteiger charge is -2.29. The fraction of sp³-hybridized carbons (Fsp3) is 0.421. The maximum Gasteiger partial charge on any atom is 0.0751 e. The third-order valence-corrected chi connectivity index (χ3v) is 4.22. The van der Waals surface area contributed by atoms with Gasteiger partial charge in [-0.25, -0.2) is 0 Å². The molecule has 2 unspecified atom stereocenters. The highest BCUT2D eigenvalue weighted by atomic mass is 14.9. The molecule has 0 aliphatic heterocycles. The molecule has 2 aromatic rings. The molecule has 112 valence electrons. The zero-order chi connectivity index (χ0) is 15.3. The van der Waals surface area contributed by atoms with E-state index in [1.54, 1.807) is 0 Å². The summed E-state index contributed by atoms with van der Waals surface area (Å²) >= 11 is 0. The molecular weight excluding hydrogens is 256 g/mol. The monoisotopic (exact) mass is 282 g/mol. The van der Waals surface area contributed by atoms with Crippen LogP contribution in [-0.4, -0.2) is 11.5 Å². The average molecular weight is 282 g/mol. The van der Waals surface area contributed by atoms with Crippen molar-refractivity contribution in [3.63, 3.8) is 0 Å². The molecule has 2 rings (SSSR count). The molecule has 0 bridgehead atoms. The molecule has 1 aromatic heterocycles. The Morgan fingerprint density at radius 3 is 2.24 bits per heavy atom. The topological polar surface area (TPSA) is 24.9 Å². The first-order chi connectivity index (χ1) is 9.98. The zero-order valence-electron chi connectivity index (χ0n) is 13.5. The summed E-state index contributed by atoms with van der Waals surface area (Å²) < 4.78 is 0. The molecule has 0 aliphatic carbocycles. The largest absolute Gasteiger partial charge is 0.305 e. The van der Waals surface area contributed by atoms with Crippen LogP contribution in [0.1, 0.15) is 45.0 Å². The molecule has 1 heterocycles. The van der Waals surface area contributed by atoms with Crippen LogP contribution in [0.3, 0.4) is 0 Å².